The van der Waals surface area contributed by atoms with E-state index in [-0.39, 0.29) is 11.4 Å². The molecule has 0 saturated heterocycles. The van der Waals surface area contributed by atoms with Crippen LogP contribution in [-0.4, -0.2) is 9.97 Å². The number of allylic oxidation sites excluding steroid dienone is 1. The van der Waals surface area contributed by atoms with Crippen molar-refractivity contribution in [2.45, 2.75) is 0 Å². The van der Waals surface area contributed by atoms with Crippen molar-refractivity contribution in [1.82, 2.24) is 9.97 Å². The van der Waals surface area contributed by atoms with Gasteiger partial charge in [-0.2, -0.15) is 5.26 Å². The van der Waals surface area contributed by atoms with Gasteiger partial charge in [0.1, 0.15) is 6.07 Å². The van der Waals surface area contributed by atoms with Crippen LogP contribution in [-0.2, 0) is 0 Å². The van der Waals surface area contributed by atoms with Gasteiger partial charge in [-0.25, -0.2) is 4.98 Å². The normalized spacial score (nSPS) is 11.5. The summed E-state index contributed by atoms with van der Waals surface area (Å²) in [5.41, 5.74) is 1.53. The van der Waals surface area contributed by atoms with Crippen LogP contribution in [0, 0.1) is 11.3 Å². The molecule has 0 atom stereocenters. The Labute approximate surface area is 164 Å². The van der Waals surface area contributed by atoms with Crippen molar-refractivity contribution in [2.75, 3.05) is 0 Å². The number of aromatic amines is 1. The second kappa shape index (κ2) is 7.20. The summed E-state index contributed by atoms with van der Waals surface area (Å²) >= 11 is 7.77. The Kier molecular flexibility index (Phi) is 4.59. The van der Waals surface area contributed by atoms with E-state index in [0.717, 1.165) is 15.3 Å². The molecule has 4 aromatic rings. The minimum atomic E-state index is -0.264. The number of nitriles is 1. The maximum atomic E-state index is 12.3. The fourth-order valence-corrected chi connectivity index (χ4v) is 4.03. The molecule has 4 nitrogen and oxygen atoms in total. The van der Waals surface area contributed by atoms with Crippen LogP contribution in [0.25, 0.3) is 33.0 Å². The molecule has 0 aliphatic rings. The molecule has 0 unspecified atom stereocenters. The largest absolute Gasteiger partial charge is 0.305 e. The van der Waals surface area contributed by atoms with Crippen LogP contribution in [0.2, 0.25) is 5.02 Å². The van der Waals surface area contributed by atoms with Crippen LogP contribution >= 0.6 is 22.9 Å². The Balaban J connectivity index is 1.76. The highest BCUT2D eigenvalue weighted by atomic mass is 35.5. The maximum absolute atomic E-state index is 12.3. The first-order chi connectivity index (χ1) is 13.2. The van der Waals surface area contributed by atoms with E-state index in [4.69, 9.17) is 11.6 Å². The lowest BCUT2D eigenvalue weighted by Gasteiger charge is -2.01. The van der Waals surface area contributed by atoms with Crippen molar-refractivity contribution in [3.8, 4) is 16.5 Å². The summed E-state index contributed by atoms with van der Waals surface area (Å²) in [5, 5.41) is 10.7. The van der Waals surface area contributed by atoms with Crippen LogP contribution in [0.5, 0.6) is 0 Å². The number of rotatable bonds is 3. The molecule has 0 amide bonds. The summed E-state index contributed by atoms with van der Waals surface area (Å²) in [6, 6.07) is 20.7. The van der Waals surface area contributed by atoms with Gasteiger partial charge in [-0.3, -0.25) is 4.79 Å². The molecule has 1 N–H and O–H groups in total. The second-order valence-corrected chi connectivity index (χ2v) is 7.31. The Hall–Kier alpha value is -3.20. The van der Waals surface area contributed by atoms with E-state index in [9.17, 15) is 10.1 Å². The molecule has 0 spiro atoms. The Morgan fingerprint density at radius 2 is 1.89 bits per heavy atom. The number of nitrogens with one attached hydrogen (secondary N) is 1. The summed E-state index contributed by atoms with van der Waals surface area (Å²) in [5.74, 6) is 0.258. The first-order valence-corrected chi connectivity index (χ1v) is 9.31. The lowest BCUT2D eigenvalue weighted by atomic mass is 10.2. The number of para-hydroxylation sites is 1. The molecule has 0 aliphatic carbocycles. The van der Waals surface area contributed by atoms with Crippen molar-refractivity contribution >= 4 is 45.5 Å². The molecule has 2 aromatic heterocycles. The van der Waals surface area contributed by atoms with Crippen LogP contribution in [0.1, 0.15) is 10.7 Å². The van der Waals surface area contributed by atoms with Gasteiger partial charge in [-0.05, 0) is 36.4 Å². The van der Waals surface area contributed by atoms with Gasteiger partial charge in [-0.15, -0.1) is 11.3 Å². The SMILES string of the molecule is N#C/C(=C\c1ccc(-c2ccccc2Cl)s1)c1nc2ccccc2c(=O)[nH]1. The average Bonchev–Trinajstić information content (AvgIpc) is 3.15. The molecular formula is C21H12ClN3OS. The highest BCUT2D eigenvalue weighted by Crippen LogP contribution is 2.34. The molecule has 4 rings (SSSR count). The average molecular weight is 390 g/mol. The molecule has 6 heteroatoms. The zero-order valence-corrected chi connectivity index (χ0v) is 15.5. The van der Waals surface area contributed by atoms with Gasteiger partial charge in [0.05, 0.1) is 16.5 Å². The molecule has 2 aromatic carbocycles. The predicted octanol–water partition coefficient (Wildman–Crippen LogP) is 5.37. The molecule has 0 aliphatic heterocycles. The third kappa shape index (κ3) is 3.41. The number of hydrogen-bond donors (Lipinski definition) is 1. The van der Waals surface area contributed by atoms with Gasteiger partial charge in [0.15, 0.2) is 5.82 Å². The van der Waals surface area contributed by atoms with Crippen molar-refractivity contribution in [3.63, 3.8) is 0 Å². The van der Waals surface area contributed by atoms with Crippen LogP contribution in [0.15, 0.2) is 65.5 Å². The van der Waals surface area contributed by atoms with E-state index in [2.05, 4.69) is 16.0 Å². The first kappa shape index (κ1) is 17.2. The summed E-state index contributed by atoms with van der Waals surface area (Å²) < 4.78 is 0. The summed E-state index contributed by atoms with van der Waals surface area (Å²) in [6.45, 7) is 0. The standard InChI is InChI=1S/C21H12ClN3OS/c22-17-7-3-1-5-15(17)19-10-9-14(27-19)11-13(12-23)20-24-18-8-4-2-6-16(18)21(26)25-20/h1-11H,(H,24,25,26)/b13-11+. The summed E-state index contributed by atoms with van der Waals surface area (Å²) in [7, 11) is 0. The number of fused-ring (bicyclic) bond motifs is 1. The van der Waals surface area contributed by atoms with Gasteiger partial charge in [0.25, 0.3) is 5.56 Å². The van der Waals surface area contributed by atoms with Gasteiger partial charge in [0, 0.05) is 20.3 Å². The zero-order valence-electron chi connectivity index (χ0n) is 13.9. The molecule has 0 bridgehead atoms. The predicted molar refractivity (Wildman–Crippen MR) is 111 cm³/mol. The van der Waals surface area contributed by atoms with Crippen molar-refractivity contribution in [1.29, 1.82) is 5.26 Å². The number of hydrogen-bond acceptors (Lipinski definition) is 4. The van der Waals surface area contributed by atoms with Crippen LogP contribution < -0.4 is 5.56 Å². The Bertz CT molecular complexity index is 1280. The highest BCUT2D eigenvalue weighted by molar-refractivity contribution is 7.16. The molecule has 130 valence electrons. The van der Waals surface area contributed by atoms with E-state index in [0.29, 0.717) is 21.5 Å². The molecule has 0 fully saturated rings. The molecule has 0 saturated carbocycles. The van der Waals surface area contributed by atoms with Gasteiger partial charge in [-0.1, -0.05) is 41.9 Å². The van der Waals surface area contributed by atoms with Crippen molar-refractivity contribution in [2.24, 2.45) is 0 Å². The number of halogens is 1. The van der Waals surface area contributed by atoms with E-state index in [1.807, 2.05) is 42.5 Å². The minimum Gasteiger partial charge on any atom is -0.305 e. The van der Waals surface area contributed by atoms with Gasteiger partial charge in [0.2, 0.25) is 0 Å². The van der Waals surface area contributed by atoms with E-state index in [1.54, 1.807) is 24.3 Å². The van der Waals surface area contributed by atoms with Crippen molar-refractivity contribution < 1.29 is 0 Å². The molecule has 0 radical (unpaired) electrons. The van der Waals surface area contributed by atoms with Crippen LogP contribution in [0.3, 0.4) is 0 Å². The number of H-pyrrole nitrogens is 1. The topological polar surface area (TPSA) is 69.5 Å². The lowest BCUT2D eigenvalue weighted by molar-refractivity contribution is 1.13. The number of benzene rings is 2. The molecular weight excluding hydrogens is 378 g/mol. The Morgan fingerprint density at radius 1 is 1.11 bits per heavy atom. The second-order valence-electron chi connectivity index (χ2n) is 5.78. The molecule has 27 heavy (non-hydrogen) atoms. The lowest BCUT2D eigenvalue weighted by Crippen LogP contribution is -2.11. The van der Waals surface area contributed by atoms with Gasteiger partial charge >= 0.3 is 0 Å². The fraction of sp³-hybridized carbons (Fsp3) is 0. The maximum Gasteiger partial charge on any atom is 0.259 e. The monoisotopic (exact) mass is 389 g/mol. The molecule has 2 heterocycles. The third-order valence-electron chi connectivity index (χ3n) is 4.04. The van der Waals surface area contributed by atoms with Gasteiger partial charge < -0.3 is 4.98 Å². The third-order valence-corrected chi connectivity index (χ3v) is 5.44. The van der Waals surface area contributed by atoms with E-state index < -0.39 is 0 Å². The van der Waals surface area contributed by atoms with E-state index in [1.165, 1.54) is 11.3 Å². The summed E-state index contributed by atoms with van der Waals surface area (Å²) in [4.78, 5) is 21.2. The highest BCUT2D eigenvalue weighted by Gasteiger charge is 2.10. The smallest absolute Gasteiger partial charge is 0.259 e. The number of aromatic nitrogens is 2. The van der Waals surface area contributed by atoms with Crippen molar-refractivity contribution in [3.05, 3.63) is 86.7 Å². The quantitative estimate of drug-likeness (QED) is 0.479. The fourth-order valence-electron chi connectivity index (χ4n) is 2.75. The van der Waals surface area contributed by atoms with E-state index >= 15 is 0 Å². The Morgan fingerprint density at radius 3 is 2.70 bits per heavy atom. The zero-order chi connectivity index (χ0) is 18.8. The number of nitrogens with zero attached hydrogens (tertiary/aromatic N) is 2. The minimum absolute atomic E-state index is 0.258. The number of thiophene rings is 1. The first-order valence-electron chi connectivity index (χ1n) is 8.11. The van der Waals surface area contributed by atoms with Crippen LogP contribution in [0.4, 0.5) is 0 Å². The summed E-state index contributed by atoms with van der Waals surface area (Å²) in [6.07, 6.45) is 1.72.